The van der Waals surface area contributed by atoms with Gasteiger partial charge in [0.05, 0.1) is 47.1 Å². The van der Waals surface area contributed by atoms with Gasteiger partial charge in [0.25, 0.3) is 6.33 Å². The molecular formula is C51H39N5O. The molecule has 10 aromatic rings. The number of nitrogens with zero attached hydrogens (tertiary/aromatic N) is 5. The van der Waals surface area contributed by atoms with Crippen LogP contribution in [0.1, 0.15) is 40.0 Å². The van der Waals surface area contributed by atoms with E-state index in [-0.39, 0.29) is 33.4 Å². The molecule has 0 amide bonds. The van der Waals surface area contributed by atoms with Crippen LogP contribution in [0.5, 0.6) is 11.5 Å². The predicted molar refractivity (Wildman–Crippen MR) is 230 cm³/mol. The summed E-state index contributed by atoms with van der Waals surface area (Å²) in [5.41, 5.74) is 4.76. The molecule has 57 heavy (non-hydrogen) atoms. The molecule has 0 radical (unpaired) electrons. The maximum absolute atomic E-state index is 8.98. The van der Waals surface area contributed by atoms with E-state index in [1.807, 2.05) is 66.9 Å². The van der Waals surface area contributed by atoms with Crippen LogP contribution in [0.15, 0.2) is 182 Å². The standard InChI is InChI=1S/C51H39N5O/c1-51(2,3)37-26-29-53-49(30-37)56-45-23-11-10-20-43(45)44-25-24-40(32-47(44)56)57-39-19-12-18-38(31-39)54-34-55(48-33-52-28-27-46(48)54)50-41(35-14-6-4-7-15-35)21-13-22-42(50)36-16-8-5-9-17-36/h4-33H,1-3H3/i4D,5D,6D,7D,8D,9D,14D,15D,16D,17D. The summed E-state index contributed by atoms with van der Waals surface area (Å²) in [6.07, 6.45) is 8.42. The van der Waals surface area contributed by atoms with Gasteiger partial charge < -0.3 is 4.74 Å². The zero-order valence-corrected chi connectivity index (χ0v) is 31.2. The molecule has 0 saturated heterocycles. The summed E-state index contributed by atoms with van der Waals surface area (Å²) in [4.78, 5) is 9.23. The van der Waals surface area contributed by atoms with Crippen molar-refractivity contribution in [2.24, 2.45) is 0 Å². The first-order chi connectivity index (χ1) is 32.0. The molecule has 4 aromatic heterocycles. The van der Waals surface area contributed by atoms with Gasteiger partial charge in [-0.3, -0.25) is 18.7 Å². The van der Waals surface area contributed by atoms with E-state index < -0.39 is 60.4 Å². The van der Waals surface area contributed by atoms with Crippen LogP contribution < -0.4 is 9.30 Å². The Morgan fingerprint density at radius 2 is 1.35 bits per heavy atom. The monoisotopic (exact) mass is 747 g/mol. The molecule has 0 aliphatic carbocycles. The predicted octanol–water partition coefficient (Wildman–Crippen LogP) is 12.0. The molecule has 4 heterocycles. The first kappa shape index (κ1) is 25.0. The number of benzene rings is 6. The Morgan fingerprint density at radius 1 is 0.649 bits per heavy atom. The number of imidazole rings is 1. The number of ether oxygens (including phenoxy) is 1. The number of hydrogen-bond donors (Lipinski definition) is 0. The second-order valence-corrected chi connectivity index (χ2v) is 14.6. The Morgan fingerprint density at radius 3 is 2.11 bits per heavy atom. The van der Waals surface area contributed by atoms with E-state index in [1.165, 1.54) is 0 Å². The molecule has 0 fully saturated rings. The van der Waals surface area contributed by atoms with E-state index in [1.54, 1.807) is 45.8 Å². The summed E-state index contributed by atoms with van der Waals surface area (Å²) in [7, 11) is 0. The second-order valence-electron chi connectivity index (χ2n) is 14.6. The fourth-order valence-electron chi connectivity index (χ4n) is 7.36. The summed E-state index contributed by atoms with van der Waals surface area (Å²) < 4.78 is 98.8. The Kier molecular flexibility index (Phi) is 6.03. The molecule has 0 bridgehead atoms. The van der Waals surface area contributed by atoms with Gasteiger partial charge in [-0.2, -0.15) is 0 Å². The van der Waals surface area contributed by atoms with Crippen molar-refractivity contribution in [2.45, 2.75) is 26.2 Å². The van der Waals surface area contributed by atoms with E-state index in [9.17, 15) is 0 Å². The van der Waals surface area contributed by atoms with Crippen molar-refractivity contribution in [3.63, 3.8) is 0 Å². The number of rotatable bonds is 7. The Hall–Kier alpha value is -7.31. The zero-order valence-electron chi connectivity index (χ0n) is 41.2. The van der Waals surface area contributed by atoms with Gasteiger partial charge in [-0.25, -0.2) is 4.98 Å². The minimum Gasteiger partial charge on any atom is -0.458 e. The number of hydrogen-bond acceptors (Lipinski definition) is 3. The molecule has 274 valence electrons. The SMILES string of the molecule is [2H]c1c([2H])c([2H])c(-c2cccc(-c3c([2H])c([2H])c([2H])c([2H])c3[2H])c2-[n+]2[c-]n(-c3cccc(Oc4ccc5c6ccccc6n(-c6cc(C(C)(C)C)ccn6)c5c4)c3)c3ccncc32)c([2H])c1[2H]. The van der Waals surface area contributed by atoms with Crippen LogP contribution in [0.4, 0.5) is 0 Å². The number of aromatic nitrogens is 5. The highest BCUT2D eigenvalue weighted by Gasteiger charge is 2.21. The third-order valence-electron chi connectivity index (χ3n) is 10.1. The fourth-order valence-corrected chi connectivity index (χ4v) is 7.36. The molecule has 0 spiro atoms. The number of para-hydroxylation sites is 2. The van der Waals surface area contributed by atoms with Crippen LogP contribution in [0, 0.1) is 6.33 Å². The topological polar surface area (TPSA) is 48.8 Å². The van der Waals surface area contributed by atoms with Crippen molar-refractivity contribution in [3.8, 4) is 50.9 Å². The average Bonchev–Trinajstić information content (AvgIpc) is 3.87. The second kappa shape index (κ2) is 13.8. The maximum atomic E-state index is 8.98. The molecule has 0 aliphatic heterocycles. The van der Waals surface area contributed by atoms with Crippen LogP contribution in [0.3, 0.4) is 0 Å². The molecule has 0 N–H and O–H groups in total. The highest BCUT2D eigenvalue weighted by Crippen LogP contribution is 2.37. The molecule has 6 nitrogen and oxygen atoms in total. The fraction of sp³-hybridized carbons (Fsp3) is 0.0784. The van der Waals surface area contributed by atoms with Crippen molar-refractivity contribution >= 4 is 32.8 Å². The number of pyridine rings is 2. The van der Waals surface area contributed by atoms with Gasteiger partial charge >= 0.3 is 0 Å². The largest absolute Gasteiger partial charge is 0.458 e. The number of fused-ring (bicyclic) bond motifs is 4. The third kappa shape index (κ3) is 6.12. The van der Waals surface area contributed by atoms with E-state index in [0.29, 0.717) is 28.2 Å². The normalized spacial score (nSPS) is 14.2. The maximum Gasteiger partial charge on any atom is 0.269 e. The molecule has 6 heteroatoms. The summed E-state index contributed by atoms with van der Waals surface area (Å²) in [6.45, 7) is 6.52. The van der Waals surface area contributed by atoms with Crippen LogP contribution in [0.25, 0.3) is 72.3 Å². The lowest BCUT2D eigenvalue weighted by Crippen LogP contribution is -2.31. The van der Waals surface area contributed by atoms with E-state index >= 15 is 0 Å². The quantitative estimate of drug-likeness (QED) is 0.120. The van der Waals surface area contributed by atoms with Crippen molar-refractivity contribution in [3.05, 3.63) is 194 Å². The van der Waals surface area contributed by atoms with Crippen molar-refractivity contribution in [1.82, 2.24) is 19.1 Å². The molecule has 0 saturated carbocycles. The van der Waals surface area contributed by atoms with Crippen molar-refractivity contribution in [2.75, 3.05) is 0 Å². The smallest absolute Gasteiger partial charge is 0.269 e. The third-order valence-corrected chi connectivity index (χ3v) is 10.1. The molecule has 6 aromatic carbocycles. The lowest BCUT2D eigenvalue weighted by Gasteiger charge is -2.20. The van der Waals surface area contributed by atoms with E-state index in [4.69, 9.17) is 23.4 Å². The van der Waals surface area contributed by atoms with Gasteiger partial charge in [0.15, 0.2) is 0 Å². The molecule has 0 unspecified atom stereocenters. The van der Waals surface area contributed by atoms with Gasteiger partial charge in [-0.1, -0.05) is 124 Å². The minimum absolute atomic E-state index is 0.0889. The molecule has 0 aliphatic rings. The first-order valence-electron chi connectivity index (χ1n) is 23.4. The average molecular weight is 748 g/mol. The molecule has 0 atom stereocenters. The molecule has 10 rings (SSSR count). The van der Waals surface area contributed by atoms with Gasteiger partial charge in [0.2, 0.25) is 0 Å². The van der Waals surface area contributed by atoms with Crippen LogP contribution in [-0.2, 0) is 5.41 Å². The Labute approximate surface area is 345 Å². The van der Waals surface area contributed by atoms with Gasteiger partial charge in [-0.15, -0.1) is 0 Å². The van der Waals surface area contributed by atoms with Gasteiger partial charge in [-0.05, 0) is 87.8 Å². The highest BCUT2D eigenvalue weighted by atomic mass is 16.5. The highest BCUT2D eigenvalue weighted by molar-refractivity contribution is 6.09. The summed E-state index contributed by atoms with van der Waals surface area (Å²) in [5.74, 6) is 1.87. The van der Waals surface area contributed by atoms with Crippen LogP contribution in [-0.4, -0.2) is 19.1 Å². The van der Waals surface area contributed by atoms with Gasteiger partial charge in [0, 0.05) is 35.4 Å². The van der Waals surface area contributed by atoms with Crippen molar-refractivity contribution in [1.29, 1.82) is 0 Å². The first-order valence-corrected chi connectivity index (χ1v) is 18.4. The zero-order chi connectivity index (χ0) is 47.2. The minimum atomic E-state index is -0.575. The summed E-state index contributed by atoms with van der Waals surface area (Å²) >= 11 is 0. The molecular weight excluding hydrogens is 699 g/mol. The van der Waals surface area contributed by atoms with Gasteiger partial charge in [0.1, 0.15) is 17.3 Å². The Balaban J connectivity index is 1.15. The van der Waals surface area contributed by atoms with Crippen LogP contribution >= 0.6 is 0 Å². The lowest BCUT2D eigenvalue weighted by atomic mass is 9.88. The summed E-state index contributed by atoms with van der Waals surface area (Å²) in [5, 5.41) is 2.12. The van der Waals surface area contributed by atoms with E-state index in [2.05, 4.69) is 54.8 Å². The van der Waals surface area contributed by atoms with Crippen LogP contribution in [0.2, 0.25) is 0 Å². The Bertz CT molecular complexity index is 3540. The van der Waals surface area contributed by atoms with E-state index in [0.717, 1.165) is 33.2 Å². The lowest BCUT2D eigenvalue weighted by molar-refractivity contribution is -0.571. The van der Waals surface area contributed by atoms with Crippen molar-refractivity contribution < 1.29 is 23.0 Å². The summed E-state index contributed by atoms with van der Waals surface area (Å²) in [6, 6.07) is 26.9.